The number of hydrogen-bond donors (Lipinski definition) is 1. The van der Waals surface area contributed by atoms with Crippen molar-refractivity contribution in [2.24, 2.45) is 5.92 Å². The second-order valence-electron chi connectivity index (χ2n) is 3.56. The summed E-state index contributed by atoms with van der Waals surface area (Å²) in [5.74, 6) is -4.78. The summed E-state index contributed by atoms with van der Waals surface area (Å²) >= 11 is 0. The van der Waals surface area contributed by atoms with E-state index in [0.717, 1.165) is 7.05 Å². The standard InChI is InChI=1S/C8H11F6NO2/c1-15(3-2-7(9,10)11)4-5(6(16)17)8(12,13)14/h5H,2-4H2,1H3,(H,16,17). The van der Waals surface area contributed by atoms with E-state index in [2.05, 4.69) is 0 Å². The molecular formula is C8H11F6NO2. The van der Waals surface area contributed by atoms with Crippen LogP contribution in [0.5, 0.6) is 0 Å². The van der Waals surface area contributed by atoms with Crippen LogP contribution in [0.1, 0.15) is 6.42 Å². The molecule has 0 aliphatic rings. The normalized spacial score (nSPS) is 15.1. The van der Waals surface area contributed by atoms with E-state index in [1.54, 1.807) is 0 Å². The van der Waals surface area contributed by atoms with Crippen LogP contribution in [0.4, 0.5) is 26.3 Å². The highest BCUT2D eigenvalue weighted by Crippen LogP contribution is 2.27. The Bertz CT molecular complexity index is 262. The molecular weight excluding hydrogens is 256 g/mol. The van der Waals surface area contributed by atoms with Gasteiger partial charge in [0, 0.05) is 13.1 Å². The fourth-order valence-corrected chi connectivity index (χ4v) is 1.04. The fourth-order valence-electron chi connectivity index (χ4n) is 1.04. The van der Waals surface area contributed by atoms with E-state index >= 15 is 0 Å². The number of nitrogens with zero attached hydrogens (tertiary/aromatic N) is 1. The monoisotopic (exact) mass is 267 g/mol. The van der Waals surface area contributed by atoms with Gasteiger partial charge in [-0.1, -0.05) is 0 Å². The summed E-state index contributed by atoms with van der Waals surface area (Å²) in [6.45, 7) is -1.68. The van der Waals surface area contributed by atoms with Crippen LogP contribution in [-0.2, 0) is 4.79 Å². The van der Waals surface area contributed by atoms with Crippen LogP contribution >= 0.6 is 0 Å². The minimum absolute atomic E-state index is 0.677. The predicted octanol–water partition coefficient (Wildman–Crippen LogP) is 2.13. The van der Waals surface area contributed by atoms with Crippen molar-refractivity contribution in [3.8, 4) is 0 Å². The van der Waals surface area contributed by atoms with Crippen LogP contribution in [0, 0.1) is 5.92 Å². The first kappa shape index (κ1) is 16.0. The average Bonchev–Trinajstić information content (AvgIpc) is 2.07. The van der Waals surface area contributed by atoms with Gasteiger partial charge in [0.1, 0.15) is 0 Å². The number of carboxylic acid groups (broad SMARTS) is 1. The number of halogens is 6. The van der Waals surface area contributed by atoms with Gasteiger partial charge < -0.3 is 10.0 Å². The largest absolute Gasteiger partial charge is 0.481 e. The van der Waals surface area contributed by atoms with Gasteiger partial charge >= 0.3 is 18.3 Å². The van der Waals surface area contributed by atoms with Crippen LogP contribution in [0.2, 0.25) is 0 Å². The Hall–Kier alpha value is -0.990. The smallest absolute Gasteiger partial charge is 0.403 e. The van der Waals surface area contributed by atoms with E-state index in [0.29, 0.717) is 4.90 Å². The molecule has 0 rings (SSSR count). The second-order valence-corrected chi connectivity index (χ2v) is 3.56. The van der Waals surface area contributed by atoms with Gasteiger partial charge in [-0.25, -0.2) is 0 Å². The number of alkyl halides is 6. The van der Waals surface area contributed by atoms with Crippen LogP contribution < -0.4 is 0 Å². The molecule has 0 saturated carbocycles. The highest BCUT2D eigenvalue weighted by Gasteiger charge is 2.45. The van der Waals surface area contributed by atoms with Gasteiger partial charge in [-0.2, -0.15) is 26.3 Å². The Morgan fingerprint density at radius 3 is 2.00 bits per heavy atom. The highest BCUT2D eigenvalue weighted by molar-refractivity contribution is 5.71. The molecule has 9 heteroatoms. The molecule has 0 heterocycles. The molecule has 1 N–H and O–H groups in total. The van der Waals surface area contributed by atoms with E-state index in [4.69, 9.17) is 5.11 Å². The number of rotatable bonds is 5. The van der Waals surface area contributed by atoms with Crippen molar-refractivity contribution in [2.45, 2.75) is 18.8 Å². The molecule has 0 bridgehead atoms. The van der Waals surface area contributed by atoms with Crippen molar-refractivity contribution in [2.75, 3.05) is 20.1 Å². The molecule has 1 unspecified atom stereocenters. The van der Waals surface area contributed by atoms with Gasteiger partial charge in [0.2, 0.25) is 0 Å². The predicted molar refractivity (Wildman–Crippen MR) is 45.3 cm³/mol. The first-order valence-electron chi connectivity index (χ1n) is 4.48. The maximum atomic E-state index is 12.2. The molecule has 3 nitrogen and oxygen atoms in total. The number of aliphatic carboxylic acids is 1. The van der Waals surface area contributed by atoms with Crippen molar-refractivity contribution in [1.82, 2.24) is 4.90 Å². The molecule has 0 spiro atoms. The Kier molecular flexibility index (Phi) is 5.24. The van der Waals surface area contributed by atoms with E-state index in [9.17, 15) is 31.1 Å². The minimum Gasteiger partial charge on any atom is -0.481 e. The fraction of sp³-hybridized carbons (Fsp3) is 0.875. The van der Waals surface area contributed by atoms with Crippen LogP contribution in [-0.4, -0.2) is 48.5 Å². The third-order valence-electron chi connectivity index (χ3n) is 1.96. The quantitative estimate of drug-likeness (QED) is 0.776. The van der Waals surface area contributed by atoms with Crippen molar-refractivity contribution in [3.05, 3.63) is 0 Å². The lowest BCUT2D eigenvalue weighted by Gasteiger charge is -2.23. The average molecular weight is 267 g/mol. The lowest BCUT2D eigenvalue weighted by Crippen LogP contribution is -2.40. The summed E-state index contributed by atoms with van der Waals surface area (Å²) in [7, 11) is 1.01. The topological polar surface area (TPSA) is 40.5 Å². The number of hydrogen-bond acceptors (Lipinski definition) is 2. The maximum absolute atomic E-state index is 12.2. The lowest BCUT2D eigenvalue weighted by molar-refractivity contribution is -0.196. The maximum Gasteiger partial charge on any atom is 0.403 e. The molecule has 0 amide bonds. The summed E-state index contributed by atoms with van der Waals surface area (Å²) in [6.07, 6.45) is -10.7. The molecule has 0 saturated heterocycles. The van der Waals surface area contributed by atoms with E-state index in [1.165, 1.54) is 0 Å². The van der Waals surface area contributed by atoms with Gasteiger partial charge in [0.25, 0.3) is 0 Å². The summed E-state index contributed by atoms with van der Waals surface area (Å²) < 4.78 is 71.9. The highest BCUT2D eigenvalue weighted by atomic mass is 19.4. The SMILES string of the molecule is CN(CCC(F)(F)F)CC(C(=O)O)C(F)(F)F. The van der Waals surface area contributed by atoms with E-state index < -0.39 is 43.8 Å². The Morgan fingerprint density at radius 1 is 1.24 bits per heavy atom. The Balaban J connectivity index is 4.34. The van der Waals surface area contributed by atoms with E-state index in [1.807, 2.05) is 0 Å². The van der Waals surface area contributed by atoms with Gasteiger partial charge in [-0.05, 0) is 7.05 Å². The first-order chi connectivity index (χ1) is 7.43. The zero-order valence-corrected chi connectivity index (χ0v) is 8.77. The first-order valence-corrected chi connectivity index (χ1v) is 4.48. The molecule has 1 atom stereocenters. The molecule has 0 aliphatic carbocycles. The molecule has 102 valence electrons. The Labute approximate surface area is 93.0 Å². The van der Waals surface area contributed by atoms with Gasteiger partial charge in [0.15, 0.2) is 5.92 Å². The number of carboxylic acids is 1. The lowest BCUT2D eigenvalue weighted by atomic mass is 10.1. The molecule has 0 aromatic rings. The van der Waals surface area contributed by atoms with E-state index in [-0.39, 0.29) is 0 Å². The van der Waals surface area contributed by atoms with Crippen LogP contribution in [0.25, 0.3) is 0 Å². The van der Waals surface area contributed by atoms with Crippen LogP contribution in [0.3, 0.4) is 0 Å². The van der Waals surface area contributed by atoms with Gasteiger partial charge in [-0.15, -0.1) is 0 Å². The molecule has 17 heavy (non-hydrogen) atoms. The molecule has 0 aliphatic heterocycles. The Morgan fingerprint density at radius 2 is 1.71 bits per heavy atom. The minimum atomic E-state index is -4.97. The summed E-state index contributed by atoms with van der Waals surface area (Å²) in [5.41, 5.74) is 0. The summed E-state index contributed by atoms with van der Waals surface area (Å²) in [4.78, 5) is 11.0. The third kappa shape index (κ3) is 7.03. The molecule has 0 fully saturated rings. The third-order valence-corrected chi connectivity index (χ3v) is 1.96. The summed E-state index contributed by atoms with van der Waals surface area (Å²) in [5, 5.41) is 8.32. The van der Waals surface area contributed by atoms with Crippen molar-refractivity contribution in [3.63, 3.8) is 0 Å². The molecule has 0 radical (unpaired) electrons. The second kappa shape index (κ2) is 5.56. The zero-order chi connectivity index (χ0) is 13.9. The van der Waals surface area contributed by atoms with Crippen molar-refractivity contribution >= 4 is 5.97 Å². The van der Waals surface area contributed by atoms with Gasteiger partial charge in [-0.3, -0.25) is 4.79 Å². The summed E-state index contributed by atoms with van der Waals surface area (Å²) in [6, 6.07) is 0. The van der Waals surface area contributed by atoms with Crippen molar-refractivity contribution < 1.29 is 36.2 Å². The molecule has 0 aromatic carbocycles. The van der Waals surface area contributed by atoms with Crippen molar-refractivity contribution in [1.29, 1.82) is 0 Å². The van der Waals surface area contributed by atoms with Gasteiger partial charge in [0.05, 0.1) is 6.42 Å². The zero-order valence-electron chi connectivity index (χ0n) is 8.77. The number of carbonyl (C=O) groups is 1. The van der Waals surface area contributed by atoms with Crippen LogP contribution in [0.15, 0.2) is 0 Å². The molecule has 0 aromatic heterocycles.